The highest BCUT2D eigenvalue weighted by atomic mass is 35.5. The number of pyridine rings is 1. The highest BCUT2D eigenvalue weighted by molar-refractivity contribution is 6.33. The van der Waals surface area contributed by atoms with Crippen molar-refractivity contribution in [3.8, 4) is 11.4 Å². The molecule has 112 valence electrons. The summed E-state index contributed by atoms with van der Waals surface area (Å²) in [6.45, 7) is 0. The number of imidazole rings is 1. The van der Waals surface area contributed by atoms with Crippen molar-refractivity contribution in [2.45, 2.75) is 0 Å². The average Bonchev–Trinajstić information content (AvgIpc) is 2.91. The quantitative estimate of drug-likeness (QED) is 0.756. The molecular weight excluding hydrogens is 311 g/mol. The lowest BCUT2D eigenvalue weighted by Crippen LogP contribution is -2.12. The van der Waals surface area contributed by atoms with Gasteiger partial charge in [0, 0.05) is 6.20 Å². The minimum atomic E-state index is -0.673. The van der Waals surface area contributed by atoms with Crippen molar-refractivity contribution in [2.24, 2.45) is 0 Å². The Morgan fingerprint density at radius 2 is 2.23 bits per heavy atom. The lowest BCUT2D eigenvalue weighted by Gasteiger charge is -2.02. The normalized spacial score (nSPS) is 10.7. The number of aromatic nitrogens is 3. The summed E-state index contributed by atoms with van der Waals surface area (Å²) >= 11 is 6.03. The van der Waals surface area contributed by atoms with Gasteiger partial charge in [0.2, 0.25) is 0 Å². The second-order valence-electron chi connectivity index (χ2n) is 4.35. The molecule has 0 unspecified atom stereocenters. The van der Waals surface area contributed by atoms with Crippen LogP contribution in [0.1, 0.15) is 0 Å². The molecule has 3 aromatic rings. The number of aromatic amines is 1. The predicted molar refractivity (Wildman–Crippen MR) is 80.3 cm³/mol. The molecule has 0 saturated carbocycles. The van der Waals surface area contributed by atoms with Crippen LogP contribution in [-0.2, 0) is 4.74 Å². The zero-order valence-corrected chi connectivity index (χ0v) is 12.1. The van der Waals surface area contributed by atoms with Gasteiger partial charge < -0.3 is 9.72 Å². The van der Waals surface area contributed by atoms with E-state index in [2.05, 4.69) is 25.0 Å². The molecule has 8 heteroatoms. The van der Waals surface area contributed by atoms with Gasteiger partial charge in [-0.3, -0.25) is 5.32 Å². The fraction of sp³-hybridized carbons (Fsp3) is 0.0714. The van der Waals surface area contributed by atoms with E-state index < -0.39 is 11.9 Å². The lowest BCUT2D eigenvalue weighted by molar-refractivity contribution is 0.187. The number of methoxy groups -OCH3 is 1. The van der Waals surface area contributed by atoms with Gasteiger partial charge in [-0.15, -0.1) is 0 Å². The van der Waals surface area contributed by atoms with Crippen LogP contribution >= 0.6 is 11.6 Å². The zero-order chi connectivity index (χ0) is 15.7. The van der Waals surface area contributed by atoms with E-state index in [1.165, 1.54) is 25.4 Å². The third-order valence-corrected chi connectivity index (χ3v) is 3.32. The van der Waals surface area contributed by atoms with Crippen molar-refractivity contribution in [2.75, 3.05) is 12.4 Å². The van der Waals surface area contributed by atoms with Crippen molar-refractivity contribution in [1.82, 2.24) is 15.0 Å². The molecule has 0 aliphatic carbocycles. The predicted octanol–water partition coefficient (Wildman–Crippen LogP) is 3.60. The number of halogens is 2. The molecule has 3 rings (SSSR count). The number of carbonyl (C=O) groups excluding carboxylic acids is 1. The molecule has 2 aromatic heterocycles. The third kappa shape index (κ3) is 2.46. The van der Waals surface area contributed by atoms with Crippen molar-refractivity contribution >= 4 is 34.5 Å². The van der Waals surface area contributed by atoms with Crippen LogP contribution in [0.15, 0.2) is 30.5 Å². The van der Waals surface area contributed by atoms with Gasteiger partial charge >= 0.3 is 6.09 Å². The number of hydrogen-bond acceptors (Lipinski definition) is 4. The summed E-state index contributed by atoms with van der Waals surface area (Å²) in [6.07, 6.45) is 0.812. The molecule has 0 aliphatic rings. The number of ether oxygens (including phenoxy) is 1. The van der Waals surface area contributed by atoms with Gasteiger partial charge in [0.05, 0.1) is 23.2 Å². The number of carbonyl (C=O) groups is 1. The van der Waals surface area contributed by atoms with E-state index in [1.807, 2.05) is 0 Å². The van der Waals surface area contributed by atoms with Gasteiger partial charge in [-0.05, 0) is 18.2 Å². The Labute approximate surface area is 129 Å². The largest absolute Gasteiger partial charge is 0.453 e. The second kappa shape index (κ2) is 5.61. The molecule has 0 spiro atoms. The summed E-state index contributed by atoms with van der Waals surface area (Å²) < 4.78 is 18.5. The Balaban J connectivity index is 2.14. The van der Waals surface area contributed by atoms with Crippen molar-refractivity contribution < 1.29 is 13.9 Å². The maximum absolute atomic E-state index is 14.0. The molecule has 0 atom stereocenters. The van der Waals surface area contributed by atoms with E-state index in [1.54, 1.807) is 12.1 Å². The third-order valence-electron chi connectivity index (χ3n) is 3.01. The van der Waals surface area contributed by atoms with Gasteiger partial charge in [-0.25, -0.2) is 19.2 Å². The molecule has 6 nitrogen and oxygen atoms in total. The van der Waals surface area contributed by atoms with Gasteiger partial charge in [-0.1, -0.05) is 17.7 Å². The smallest absolute Gasteiger partial charge is 0.412 e. The number of nitrogens with zero attached hydrogens (tertiary/aromatic N) is 2. The van der Waals surface area contributed by atoms with Crippen LogP contribution in [0.25, 0.3) is 22.4 Å². The summed E-state index contributed by atoms with van der Waals surface area (Å²) in [6, 6.07) is 6.03. The second-order valence-corrected chi connectivity index (χ2v) is 4.76. The minimum absolute atomic E-state index is 0.157. The number of fused-ring (bicyclic) bond motifs is 1. The molecule has 0 radical (unpaired) electrons. The first-order chi connectivity index (χ1) is 10.6. The molecule has 1 aromatic carbocycles. The van der Waals surface area contributed by atoms with E-state index in [0.29, 0.717) is 11.0 Å². The first-order valence-corrected chi connectivity index (χ1v) is 6.62. The highest BCUT2D eigenvalue weighted by Gasteiger charge is 2.16. The summed E-state index contributed by atoms with van der Waals surface area (Å²) in [4.78, 5) is 22.6. The molecule has 0 bridgehead atoms. The Bertz CT molecular complexity index is 845. The van der Waals surface area contributed by atoms with Crippen LogP contribution in [0.4, 0.5) is 15.0 Å². The number of H-pyrrole nitrogens is 1. The van der Waals surface area contributed by atoms with Crippen molar-refractivity contribution in [1.29, 1.82) is 0 Å². The SMILES string of the molecule is COC(=O)Nc1nccc2[nH]c(-c3c(F)cccc3Cl)nc12. The maximum atomic E-state index is 14.0. The number of nitrogens with one attached hydrogen (secondary N) is 2. The van der Waals surface area contributed by atoms with E-state index >= 15 is 0 Å². The average molecular weight is 321 g/mol. The first-order valence-electron chi connectivity index (χ1n) is 6.24. The fourth-order valence-corrected chi connectivity index (χ4v) is 2.27. The standard InChI is InChI=1S/C14H10ClFN4O2/c1-22-14(21)20-13-11-9(5-6-17-13)18-12(19-11)10-7(15)3-2-4-8(10)16/h2-6H,1H3,(H,18,19)(H,17,20,21). The van der Waals surface area contributed by atoms with Gasteiger partial charge in [-0.2, -0.15) is 0 Å². The molecule has 0 aliphatic heterocycles. The maximum Gasteiger partial charge on any atom is 0.412 e. The molecule has 22 heavy (non-hydrogen) atoms. The van der Waals surface area contributed by atoms with E-state index in [4.69, 9.17) is 11.6 Å². The summed E-state index contributed by atoms with van der Waals surface area (Å²) in [5.41, 5.74) is 1.11. The summed E-state index contributed by atoms with van der Waals surface area (Å²) in [7, 11) is 1.24. The van der Waals surface area contributed by atoms with Crippen LogP contribution in [0.5, 0.6) is 0 Å². The van der Waals surface area contributed by atoms with Gasteiger partial charge in [0.25, 0.3) is 0 Å². The number of anilines is 1. The number of rotatable bonds is 2. The van der Waals surface area contributed by atoms with E-state index in [-0.39, 0.29) is 22.2 Å². The monoisotopic (exact) mass is 320 g/mol. The Kier molecular flexibility index (Phi) is 3.64. The van der Waals surface area contributed by atoms with Crippen LogP contribution in [0.2, 0.25) is 5.02 Å². The van der Waals surface area contributed by atoms with Crippen molar-refractivity contribution in [3.05, 3.63) is 41.3 Å². The molecular formula is C14H10ClFN4O2. The number of benzene rings is 1. The van der Waals surface area contributed by atoms with E-state index in [0.717, 1.165) is 0 Å². The number of hydrogen-bond donors (Lipinski definition) is 2. The van der Waals surface area contributed by atoms with Crippen molar-refractivity contribution in [3.63, 3.8) is 0 Å². The molecule has 2 N–H and O–H groups in total. The molecule has 2 heterocycles. The number of amides is 1. The Morgan fingerprint density at radius 1 is 1.41 bits per heavy atom. The van der Waals surface area contributed by atoms with E-state index in [9.17, 15) is 9.18 Å². The van der Waals surface area contributed by atoms with Gasteiger partial charge in [0.15, 0.2) is 5.82 Å². The van der Waals surface area contributed by atoms with Crippen LogP contribution < -0.4 is 5.32 Å². The van der Waals surface area contributed by atoms with Crippen LogP contribution in [0, 0.1) is 5.82 Å². The highest BCUT2D eigenvalue weighted by Crippen LogP contribution is 2.31. The topological polar surface area (TPSA) is 79.9 Å². The Hall–Kier alpha value is -2.67. The summed E-state index contributed by atoms with van der Waals surface area (Å²) in [5, 5.41) is 2.68. The van der Waals surface area contributed by atoms with Crippen LogP contribution in [-0.4, -0.2) is 28.2 Å². The Morgan fingerprint density at radius 3 is 2.95 bits per heavy atom. The molecule has 0 saturated heterocycles. The minimum Gasteiger partial charge on any atom is -0.453 e. The lowest BCUT2D eigenvalue weighted by atomic mass is 10.2. The first kappa shape index (κ1) is 14.3. The molecule has 1 amide bonds. The fourth-order valence-electron chi connectivity index (χ4n) is 2.02. The zero-order valence-electron chi connectivity index (χ0n) is 11.4. The molecule has 0 fully saturated rings. The summed E-state index contributed by atoms with van der Waals surface area (Å²) in [5.74, 6) is -0.0414. The van der Waals surface area contributed by atoms with Crippen LogP contribution in [0.3, 0.4) is 0 Å². The van der Waals surface area contributed by atoms with Gasteiger partial charge in [0.1, 0.15) is 17.2 Å².